The number of rotatable bonds is 6. The van der Waals surface area contributed by atoms with Gasteiger partial charge in [0.1, 0.15) is 17.4 Å². The van der Waals surface area contributed by atoms with Gasteiger partial charge in [-0.3, -0.25) is 14.5 Å². The molecule has 2 amide bonds. The third kappa shape index (κ3) is 3.92. The lowest BCUT2D eigenvalue weighted by Crippen LogP contribution is -2.42. The van der Waals surface area contributed by atoms with Crippen LogP contribution in [0, 0.1) is 11.3 Å². The number of hydrogen-bond acceptors (Lipinski definition) is 6. The molecule has 0 saturated heterocycles. The minimum Gasteiger partial charge on any atom is -0.493 e. The van der Waals surface area contributed by atoms with Gasteiger partial charge in [0.25, 0.3) is 11.8 Å². The van der Waals surface area contributed by atoms with E-state index >= 15 is 0 Å². The number of benzene rings is 1. The van der Waals surface area contributed by atoms with Crippen LogP contribution in [0.15, 0.2) is 57.7 Å². The highest BCUT2D eigenvalue weighted by molar-refractivity contribution is 6.19. The molecule has 2 heterocycles. The average molecular weight is 392 g/mol. The molecule has 0 N–H and O–H groups in total. The van der Waals surface area contributed by atoms with E-state index in [0.29, 0.717) is 35.0 Å². The lowest BCUT2D eigenvalue weighted by atomic mass is 9.93. The van der Waals surface area contributed by atoms with E-state index < -0.39 is 11.8 Å². The van der Waals surface area contributed by atoms with Gasteiger partial charge in [0.05, 0.1) is 26.5 Å². The second-order valence-corrected chi connectivity index (χ2v) is 6.29. The minimum absolute atomic E-state index is 0.0485. The third-order valence-corrected chi connectivity index (χ3v) is 4.52. The summed E-state index contributed by atoms with van der Waals surface area (Å²) in [5.41, 5.74) is 1.21. The molecule has 29 heavy (non-hydrogen) atoms. The molecule has 1 aromatic heterocycles. The number of amides is 2. The molecule has 0 spiro atoms. The first kappa shape index (κ1) is 20.0. The van der Waals surface area contributed by atoms with E-state index in [0.717, 1.165) is 4.90 Å². The van der Waals surface area contributed by atoms with Crippen LogP contribution < -0.4 is 9.47 Å². The number of furan rings is 1. The number of nitriles is 1. The van der Waals surface area contributed by atoms with Crippen LogP contribution in [0.25, 0.3) is 6.08 Å². The summed E-state index contributed by atoms with van der Waals surface area (Å²) < 4.78 is 16.1. The zero-order chi connectivity index (χ0) is 21.0. The number of carbonyl (C=O) groups is 2. The van der Waals surface area contributed by atoms with Gasteiger partial charge in [-0.25, -0.2) is 0 Å². The first-order valence-electron chi connectivity index (χ1n) is 9.02. The van der Waals surface area contributed by atoms with Gasteiger partial charge in [0, 0.05) is 5.57 Å². The maximum atomic E-state index is 13.1. The summed E-state index contributed by atoms with van der Waals surface area (Å²) in [6.07, 6.45) is 3.10. The molecule has 3 rings (SSSR count). The van der Waals surface area contributed by atoms with Crippen LogP contribution in [0.4, 0.5) is 0 Å². The van der Waals surface area contributed by atoms with E-state index in [1.54, 1.807) is 43.3 Å². The number of carbonyl (C=O) groups excluding carboxylic acids is 2. The molecule has 148 valence electrons. The van der Waals surface area contributed by atoms with E-state index in [1.165, 1.54) is 13.4 Å². The van der Waals surface area contributed by atoms with Crippen molar-refractivity contribution in [3.05, 3.63) is 64.6 Å². The highest BCUT2D eigenvalue weighted by Gasteiger charge is 2.35. The van der Waals surface area contributed by atoms with Gasteiger partial charge in [-0.05, 0) is 55.3 Å². The Bertz CT molecular complexity index is 1040. The van der Waals surface area contributed by atoms with Crippen molar-refractivity contribution in [3.8, 4) is 17.6 Å². The Balaban J connectivity index is 2.04. The van der Waals surface area contributed by atoms with Crippen LogP contribution in [-0.2, 0) is 16.1 Å². The summed E-state index contributed by atoms with van der Waals surface area (Å²) in [4.78, 5) is 26.7. The molecule has 1 aliphatic heterocycles. The second-order valence-electron chi connectivity index (χ2n) is 6.29. The first-order valence-corrected chi connectivity index (χ1v) is 9.02. The third-order valence-electron chi connectivity index (χ3n) is 4.52. The second kappa shape index (κ2) is 8.48. The number of nitrogens with zero attached hydrogens (tertiary/aromatic N) is 2. The summed E-state index contributed by atoms with van der Waals surface area (Å²) in [5, 5.41) is 9.47. The van der Waals surface area contributed by atoms with Crippen molar-refractivity contribution in [2.45, 2.75) is 20.4 Å². The molecule has 7 nitrogen and oxygen atoms in total. The number of imide groups is 1. The smallest absolute Gasteiger partial charge is 0.272 e. The van der Waals surface area contributed by atoms with Crippen LogP contribution in [0.3, 0.4) is 0 Å². The summed E-state index contributed by atoms with van der Waals surface area (Å²) in [7, 11) is 1.53. The van der Waals surface area contributed by atoms with Crippen molar-refractivity contribution in [2.24, 2.45) is 0 Å². The molecule has 0 aliphatic carbocycles. The van der Waals surface area contributed by atoms with Crippen LogP contribution in [-0.4, -0.2) is 30.4 Å². The largest absolute Gasteiger partial charge is 0.493 e. The van der Waals surface area contributed by atoms with Crippen molar-refractivity contribution >= 4 is 17.9 Å². The fourth-order valence-corrected chi connectivity index (χ4v) is 3.05. The quantitative estimate of drug-likeness (QED) is 0.552. The van der Waals surface area contributed by atoms with E-state index in [4.69, 9.17) is 13.9 Å². The van der Waals surface area contributed by atoms with Crippen LogP contribution >= 0.6 is 0 Å². The van der Waals surface area contributed by atoms with Gasteiger partial charge < -0.3 is 13.9 Å². The van der Waals surface area contributed by atoms with Gasteiger partial charge in [-0.2, -0.15) is 5.26 Å². The lowest BCUT2D eigenvalue weighted by molar-refractivity contribution is -0.141. The van der Waals surface area contributed by atoms with Crippen LogP contribution in [0.2, 0.25) is 0 Å². The number of hydrogen-bond donors (Lipinski definition) is 0. The van der Waals surface area contributed by atoms with Crippen molar-refractivity contribution in [1.29, 1.82) is 5.26 Å². The maximum Gasteiger partial charge on any atom is 0.272 e. The zero-order valence-corrected chi connectivity index (χ0v) is 16.4. The molecule has 0 radical (unpaired) electrons. The Morgan fingerprint density at radius 1 is 1.21 bits per heavy atom. The SMILES string of the molecule is CCOc1ccc(/C=C2/C(=O)N(Cc3ccco3)C(=O)C(C#N)=C2C)cc1OC. The van der Waals surface area contributed by atoms with Crippen LogP contribution in [0.5, 0.6) is 11.5 Å². The molecular weight excluding hydrogens is 372 g/mol. The van der Waals surface area contributed by atoms with E-state index in [1.807, 2.05) is 13.0 Å². The maximum absolute atomic E-state index is 13.1. The normalized spacial score (nSPS) is 15.7. The molecule has 0 fully saturated rings. The minimum atomic E-state index is -0.632. The van der Waals surface area contributed by atoms with Crippen molar-refractivity contribution in [1.82, 2.24) is 4.90 Å². The average Bonchev–Trinajstić information content (AvgIpc) is 3.23. The number of methoxy groups -OCH3 is 1. The van der Waals surface area contributed by atoms with Gasteiger partial charge in [-0.1, -0.05) is 6.07 Å². The molecular formula is C22H20N2O5. The Hall–Kier alpha value is -3.79. The van der Waals surface area contributed by atoms with Crippen molar-refractivity contribution in [3.63, 3.8) is 0 Å². The lowest BCUT2D eigenvalue weighted by Gasteiger charge is -2.26. The van der Waals surface area contributed by atoms with Crippen molar-refractivity contribution < 1.29 is 23.5 Å². The van der Waals surface area contributed by atoms with Gasteiger partial charge in [-0.15, -0.1) is 0 Å². The summed E-state index contributed by atoms with van der Waals surface area (Å²) in [6, 6.07) is 10.5. The molecule has 7 heteroatoms. The highest BCUT2D eigenvalue weighted by atomic mass is 16.5. The highest BCUT2D eigenvalue weighted by Crippen LogP contribution is 2.32. The monoisotopic (exact) mass is 392 g/mol. The Kier molecular flexibility index (Phi) is 5.84. The zero-order valence-electron chi connectivity index (χ0n) is 16.4. The predicted molar refractivity (Wildman–Crippen MR) is 105 cm³/mol. The Morgan fingerprint density at radius 3 is 2.62 bits per heavy atom. The summed E-state index contributed by atoms with van der Waals surface area (Å²) in [5.74, 6) is 0.441. The summed E-state index contributed by atoms with van der Waals surface area (Å²) >= 11 is 0. The van der Waals surface area contributed by atoms with Crippen molar-refractivity contribution in [2.75, 3.05) is 13.7 Å². The van der Waals surface area contributed by atoms with E-state index in [9.17, 15) is 14.9 Å². The topological polar surface area (TPSA) is 92.8 Å². The summed E-state index contributed by atoms with van der Waals surface area (Å²) in [6.45, 7) is 3.91. The Labute approximate surface area is 168 Å². The van der Waals surface area contributed by atoms with E-state index in [-0.39, 0.29) is 17.7 Å². The van der Waals surface area contributed by atoms with Gasteiger partial charge in [0.2, 0.25) is 0 Å². The Morgan fingerprint density at radius 2 is 2.00 bits per heavy atom. The first-order chi connectivity index (χ1) is 14.0. The molecule has 2 aromatic rings. The van der Waals surface area contributed by atoms with Crippen LogP contribution in [0.1, 0.15) is 25.2 Å². The molecule has 0 unspecified atom stereocenters. The molecule has 1 aliphatic rings. The standard InChI is InChI=1S/C22H20N2O5/c1-4-28-19-8-7-15(11-20(19)27-3)10-17-14(2)18(12-23)22(26)24(21(17)25)13-16-6-5-9-29-16/h5-11H,4,13H2,1-3H3/b17-10+. The van der Waals surface area contributed by atoms with Gasteiger partial charge in [0.15, 0.2) is 11.5 Å². The van der Waals surface area contributed by atoms with E-state index in [2.05, 4.69) is 0 Å². The molecule has 0 bridgehead atoms. The fraction of sp³-hybridized carbons (Fsp3) is 0.227. The van der Waals surface area contributed by atoms with Gasteiger partial charge >= 0.3 is 0 Å². The molecule has 1 aromatic carbocycles. The fourth-order valence-electron chi connectivity index (χ4n) is 3.05. The number of ether oxygens (including phenoxy) is 2. The predicted octanol–water partition coefficient (Wildman–Crippen LogP) is 3.48. The molecule has 0 saturated carbocycles. The molecule has 0 atom stereocenters.